The number of hydrogen-bond acceptors (Lipinski definition) is 15. The third-order valence-corrected chi connectivity index (χ3v) is 19.2. The summed E-state index contributed by atoms with van der Waals surface area (Å²) in [7, 11) is -9.90. The average molecular weight is 1370 g/mol. The van der Waals surface area contributed by atoms with Crippen molar-refractivity contribution in [3.05, 3.63) is 0 Å². The van der Waals surface area contributed by atoms with Crippen LogP contribution in [-0.2, 0) is 65.4 Å². The first-order valence-electron chi connectivity index (χ1n) is 38.6. The van der Waals surface area contributed by atoms with Crippen LogP contribution >= 0.6 is 15.6 Å². The second-order valence-electron chi connectivity index (χ2n) is 27.2. The maximum absolute atomic E-state index is 13.1. The van der Waals surface area contributed by atoms with Crippen LogP contribution in [0.5, 0.6) is 0 Å². The highest BCUT2D eigenvalue weighted by Crippen LogP contribution is 2.45. The molecule has 17 nitrogen and oxygen atoms in total. The molecule has 0 aromatic carbocycles. The lowest BCUT2D eigenvalue weighted by atomic mass is 10.0. The fourth-order valence-corrected chi connectivity index (χ4v) is 12.9. The molecular formula is C74H144O17P2. The van der Waals surface area contributed by atoms with Gasteiger partial charge in [0.25, 0.3) is 0 Å². The molecule has 0 fully saturated rings. The Morgan fingerprint density at radius 3 is 0.731 bits per heavy atom. The van der Waals surface area contributed by atoms with Crippen molar-refractivity contribution in [1.82, 2.24) is 0 Å². The zero-order chi connectivity index (χ0) is 68.4. The molecule has 0 amide bonds. The fraction of sp³-hybridized carbons (Fsp3) is 0.946. The minimum Gasteiger partial charge on any atom is -0.462 e. The zero-order valence-electron chi connectivity index (χ0n) is 60.4. The topological polar surface area (TPSA) is 237 Å². The molecule has 0 saturated heterocycles. The first kappa shape index (κ1) is 91.1. The van der Waals surface area contributed by atoms with Gasteiger partial charge in [0.15, 0.2) is 12.2 Å². The monoisotopic (exact) mass is 1370 g/mol. The van der Waals surface area contributed by atoms with E-state index in [0.29, 0.717) is 25.7 Å². The van der Waals surface area contributed by atoms with Crippen molar-refractivity contribution in [3.63, 3.8) is 0 Å². The fourth-order valence-electron chi connectivity index (χ4n) is 11.4. The van der Waals surface area contributed by atoms with E-state index in [-0.39, 0.29) is 25.7 Å². The molecule has 3 N–H and O–H groups in total. The van der Waals surface area contributed by atoms with Gasteiger partial charge in [-0.05, 0) is 31.6 Å². The summed E-state index contributed by atoms with van der Waals surface area (Å²) < 4.78 is 68.4. The van der Waals surface area contributed by atoms with E-state index >= 15 is 0 Å². The summed E-state index contributed by atoms with van der Waals surface area (Å²) in [6.45, 7) is 7.23. The van der Waals surface area contributed by atoms with Gasteiger partial charge in [0.2, 0.25) is 0 Å². The molecule has 2 unspecified atom stereocenters. The van der Waals surface area contributed by atoms with Crippen molar-refractivity contribution in [2.45, 2.75) is 406 Å². The Bertz CT molecular complexity index is 1790. The molecular weight excluding hydrogens is 1220 g/mol. The molecule has 0 heterocycles. The van der Waals surface area contributed by atoms with Gasteiger partial charge in [-0.1, -0.05) is 336 Å². The van der Waals surface area contributed by atoms with E-state index in [0.717, 1.165) is 95.8 Å². The number of phosphoric acid groups is 2. The van der Waals surface area contributed by atoms with Gasteiger partial charge in [0.1, 0.15) is 19.3 Å². The molecule has 0 aliphatic carbocycles. The lowest BCUT2D eigenvalue weighted by Gasteiger charge is -2.21. The van der Waals surface area contributed by atoms with Crippen molar-refractivity contribution in [3.8, 4) is 0 Å². The second kappa shape index (κ2) is 67.3. The van der Waals surface area contributed by atoms with E-state index in [2.05, 4.69) is 34.6 Å². The van der Waals surface area contributed by atoms with E-state index in [1.165, 1.54) is 212 Å². The van der Waals surface area contributed by atoms with Crippen molar-refractivity contribution < 1.29 is 80.2 Å². The Morgan fingerprint density at radius 2 is 0.495 bits per heavy atom. The molecule has 552 valence electrons. The van der Waals surface area contributed by atoms with Crippen molar-refractivity contribution in [2.24, 2.45) is 5.92 Å². The molecule has 0 radical (unpaired) electrons. The molecule has 5 atom stereocenters. The quantitative estimate of drug-likeness (QED) is 0.0222. The van der Waals surface area contributed by atoms with Crippen molar-refractivity contribution >= 4 is 39.5 Å². The maximum atomic E-state index is 13.1. The number of ether oxygens (including phenoxy) is 4. The van der Waals surface area contributed by atoms with Crippen LogP contribution in [0.4, 0.5) is 0 Å². The molecule has 0 aliphatic rings. The first-order chi connectivity index (χ1) is 45.0. The predicted octanol–water partition coefficient (Wildman–Crippen LogP) is 21.7. The molecule has 0 rings (SSSR count). The zero-order valence-corrected chi connectivity index (χ0v) is 62.2. The second-order valence-corrected chi connectivity index (χ2v) is 30.1. The molecule has 0 aromatic rings. The highest BCUT2D eigenvalue weighted by atomic mass is 31.2. The Balaban J connectivity index is 5.17. The van der Waals surface area contributed by atoms with E-state index < -0.39 is 97.5 Å². The SMILES string of the molecule is CCCCCCCCCCCCCCCCCCCCCCCC(=O)O[C@H](COC(=O)CCCCCCCCCCCC(C)C)COP(=O)(O)OC[C@@H](O)COP(=O)(O)OC[C@@H](COC(=O)CCCCCCCCCCC)OC(=O)CCCCCCCCCCCCC. The van der Waals surface area contributed by atoms with Crippen LogP contribution in [0.1, 0.15) is 388 Å². The summed E-state index contributed by atoms with van der Waals surface area (Å²) in [5, 5.41) is 10.6. The lowest BCUT2D eigenvalue weighted by molar-refractivity contribution is -0.161. The number of aliphatic hydroxyl groups excluding tert-OH is 1. The third-order valence-electron chi connectivity index (χ3n) is 17.3. The van der Waals surface area contributed by atoms with E-state index in [1.54, 1.807) is 0 Å². The number of carbonyl (C=O) groups excluding carboxylic acids is 4. The van der Waals surface area contributed by atoms with Gasteiger partial charge in [-0.25, -0.2) is 9.13 Å². The molecule has 19 heteroatoms. The molecule has 93 heavy (non-hydrogen) atoms. The Kier molecular flexibility index (Phi) is 65.9. The van der Waals surface area contributed by atoms with Gasteiger partial charge in [-0.15, -0.1) is 0 Å². The molecule has 0 spiro atoms. The summed E-state index contributed by atoms with van der Waals surface area (Å²) in [5.74, 6) is -1.38. The first-order valence-corrected chi connectivity index (χ1v) is 41.6. The van der Waals surface area contributed by atoms with Gasteiger partial charge in [-0.2, -0.15) is 0 Å². The number of hydrogen-bond donors (Lipinski definition) is 3. The van der Waals surface area contributed by atoms with E-state index in [1.807, 2.05) is 0 Å². The van der Waals surface area contributed by atoms with Gasteiger partial charge in [-0.3, -0.25) is 37.3 Å². The number of esters is 4. The third kappa shape index (κ3) is 68.4. The predicted molar refractivity (Wildman–Crippen MR) is 377 cm³/mol. The van der Waals surface area contributed by atoms with Gasteiger partial charge in [0.05, 0.1) is 26.4 Å². The number of unbranched alkanes of at least 4 members (excludes halogenated alkanes) is 46. The largest absolute Gasteiger partial charge is 0.472 e. The Hall–Kier alpha value is -1.94. The van der Waals surface area contributed by atoms with Crippen molar-refractivity contribution in [1.29, 1.82) is 0 Å². The van der Waals surface area contributed by atoms with E-state index in [4.69, 9.17) is 37.0 Å². The minimum atomic E-state index is -4.95. The highest BCUT2D eigenvalue weighted by Gasteiger charge is 2.30. The minimum absolute atomic E-state index is 0.107. The summed E-state index contributed by atoms with van der Waals surface area (Å²) in [6, 6.07) is 0. The maximum Gasteiger partial charge on any atom is 0.472 e. The number of carbonyl (C=O) groups is 4. The van der Waals surface area contributed by atoms with Crippen LogP contribution in [-0.4, -0.2) is 96.7 Å². The highest BCUT2D eigenvalue weighted by molar-refractivity contribution is 7.47. The standard InChI is InChI=1S/C74H144O17P2/c1-6-9-12-15-18-21-23-24-25-26-27-28-29-30-31-32-34-39-45-50-55-60-74(79)91-70(64-85-72(77)58-53-48-43-40-35-37-41-46-51-56-67(4)5)66-89-93(82,83)87-62-68(75)61-86-92(80,81)88-65-69(63-84-71(76)57-52-47-42-36-20-17-14-11-8-3)90-73(78)59-54-49-44-38-33-22-19-16-13-10-7-2/h67-70,75H,6-66H2,1-5H3,(H,80,81)(H,82,83)/t68-,69+,70+/m0/s1. The van der Waals surface area contributed by atoms with Crippen LogP contribution in [0.2, 0.25) is 0 Å². The van der Waals surface area contributed by atoms with Gasteiger partial charge < -0.3 is 33.8 Å². The van der Waals surface area contributed by atoms with Gasteiger partial charge in [0, 0.05) is 25.7 Å². The van der Waals surface area contributed by atoms with Crippen molar-refractivity contribution in [2.75, 3.05) is 39.6 Å². The average Bonchev–Trinajstić information content (AvgIpc) is 1.85. The Morgan fingerprint density at radius 1 is 0.290 bits per heavy atom. The number of phosphoric ester groups is 2. The van der Waals surface area contributed by atoms with Crippen LogP contribution in [0.3, 0.4) is 0 Å². The molecule has 0 bridgehead atoms. The Labute approximate surface area is 568 Å². The smallest absolute Gasteiger partial charge is 0.462 e. The summed E-state index contributed by atoms with van der Waals surface area (Å²) in [6.07, 6.45) is 55.6. The number of aliphatic hydroxyl groups is 1. The number of rotatable bonds is 74. The summed E-state index contributed by atoms with van der Waals surface area (Å²) in [5.41, 5.74) is 0. The van der Waals surface area contributed by atoms with Crippen LogP contribution in [0.15, 0.2) is 0 Å². The van der Waals surface area contributed by atoms with E-state index in [9.17, 15) is 43.2 Å². The molecule has 0 saturated carbocycles. The van der Waals surface area contributed by atoms with Crippen LogP contribution in [0.25, 0.3) is 0 Å². The summed E-state index contributed by atoms with van der Waals surface area (Å²) >= 11 is 0. The molecule has 0 aliphatic heterocycles. The molecule has 0 aromatic heterocycles. The normalized spacial score (nSPS) is 14.0. The van der Waals surface area contributed by atoms with Gasteiger partial charge >= 0.3 is 39.5 Å². The summed E-state index contributed by atoms with van der Waals surface area (Å²) in [4.78, 5) is 72.6. The van der Waals surface area contributed by atoms with Crippen LogP contribution < -0.4 is 0 Å². The lowest BCUT2D eigenvalue weighted by Crippen LogP contribution is -2.30. The van der Waals surface area contributed by atoms with Crippen LogP contribution in [0, 0.1) is 5.92 Å².